The quantitative estimate of drug-likeness (QED) is 0.918. The van der Waals surface area contributed by atoms with Crippen molar-refractivity contribution in [3.05, 3.63) is 41.4 Å². The van der Waals surface area contributed by atoms with Gasteiger partial charge < -0.3 is 9.88 Å². The van der Waals surface area contributed by atoms with Gasteiger partial charge in [0.15, 0.2) is 9.84 Å². The second-order valence-electron chi connectivity index (χ2n) is 5.29. The summed E-state index contributed by atoms with van der Waals surface area (Å²) in [5, 5.41) is 3.69. The van der Waals surface area contributed by atoms with Gasteiger partial charge in [-0.1, -0.05) is 11.6 Å². The first kappa shape index (κ1) is 14.4. The molecule has 0 spiro atoms. The van der Waals surface area contributed by atoms with Crippen LogP contribution in [0.15, 0.2) is 35.6 Å². The number of nitrogens with zero attached hydrogens (tertiary/aromatic N) is 2. The Bertz CT molecular complexity index is 766. The lowest BCUT2D eigenvalue weighted by atomic mass is 10.3. The number of imidazole rings is 1. The number of nitrogens with one attached hydrogen (secondary N) is 1. The predicted molar refractivity (Wildman–Crippen MR) is 82.4 cm³/mol. The highest BCUT2D eigenvalue weighted by Gasteiger charge is 2.25. The van der Waals surface area contributed by atoms with E-state index in [1.165, 1.54) is 25.2 Å². The highest BCUT2D eigenvalue weighted by molar-refractivity contribution is 7.90. The molecule has 1 N–H and O–H groups in total. The standard InChI is InChI=1S/C14H16ClN3O2S/c1-21(19,20)12-4-5-13(15)14(6-12)17-8-11-7-16-9-18(11)10-2-3-10/h4-7,9-10,17H,2-3,8H2,1H3. The molecule has 0 radical (unpaired) electrons. The van der Waals surface area contributed by atoms with Crippen LogP contribution in [0.25, 0.3) is 0 Å². The number of rotatable bonds is 5. The van der Waals surface area contributed by atoms with Gasteiger partial charge in [-0.05, 0) is 31.0 Å². The minimum atomic E-state index is -3.24. The van der Waals surface area contributed by atoms with E-state index in [9.17, 15) is 8.42 Å². The summed E-state index contributed by atoms with van der Waals surface area (Å²) >= 11 is 6.12. The van der Waals surface area contributed by atoms with Gasteiger partial charge in [0.2, 0.25) is 0 Å². The molecule has 0 aliphatic heterocycles. The Labute approximate surface area is 128 Å². The lowest BCUT2D eigenvalue weighted by Crippen LogP contribution is -2.07. The van der Waals surface area contributed by atoms with Crippen LogP contribution in [0.4, 0.5) is 5.69 Å². The molecule has 3 rings (SSSR count). The zero-order valence-electron chi connectivity index (χ0n) is 11.6. The third-order valence-electron chi connectivity index (χ3n) is 3.51. The van der Waals surface area contributed by atoms with Gasteiger partial charge in [-0.25, -0.2) is 13.4 Å². The van der Waals surface area contributed by atoms with E-state index in [1.807, 2.05) is 12.5 Å². The largest absolute Gasteiger partial charge is 0.378 e. The number of hydrogen-bond donors (Lipinski definition) is 1. The van der Waals surface area contributed by atoms with E-state index in [0.29, 0.717) is 23.3 Å². The van der Waals surface area contributed by atoms with Crippen molar-refractivity contribution < 1.29 is 8.42 Å². The molecule has 7 heteroatoms. The van der Waals surface area contributed by atoms with E-state index in [0.717, 1.165) is 5.69 Å². The fraction of sp³-hybridized carbons (Fsp3) is 0.357. The summed E-state index contributed by atoms with van der Waals surface area (Å²) in [6.07, 6.45) is 7.21. The maximum absolute atomic E-state index is 11.6. The third kappa shape index (κ3) is 3.22. The van der Waals surface area contributed by atoms with E-state index < -0.39 is 9.84 Å². The molecule has 1 fully saturated rings. The molecule has 0 amide bonds. The van der Waals surface area contributed by atoms with Crippen LogP contribution in [0, 0.1) is 0 Å². The van der Waals surface area contributed by atoms with Gasteiger partial charge in [0.05, 0.1) is 34.2 Å². The summed E-state index contributed by atoms with van der Waals surface area (Å²) in [7, 11) is -3.24. The highest BCUT2D eigenvalue weighted by atomic mass is 35.5. The van der Waals surface area contributed by atoms with Crippen LogP contribution in [0.1, 0.15) is 24.6 Å². The van der Waals surface area contributed by atoms with E-state index in [2.05, 4.69) is 14.9 Å². The average molecular weight is 326 g/mol. The minimum absolute atomic E-state index is 0.255. The Hall–Kier alpha value is -1.53. The molecule has 0 bridgehead atoms. The fourth-order valence-corrected chi connectivity index (χ4v) is 3.04. The van der Waals surface area contributed by atoms with E-state index >= 15 is 0 Å². The monoisotopic (exact) mass is 325 g/mol. The molecule has 0 atom stereocenters. The van der Waals surface area contributed by atoms with Crippen LogP contribution in [0.2, 0.25) is 5.02 Å². The molecule has 1 aromatic heterocycles. The number of anilines is 1. The maximum Gasteiger partial charge on any atom is 0.175 e. The Balaban J connectivity index is 1.79. The zero-order valence-corrected chi connectivity index (χ0v) is 13.2. The summed E-state index contributed by atoms with van der Waals surface area (Å²) in [5.41, 5.74) is 1.68. The molecule has 0 unspecified atom stereocenters. The molecule has 1 heterocycles. The van der Waals surface area contributed by atoms with Gasteiger partial charge in [0, 0.05) is 18.5 Å². The van der Waals surface area contributed by atoms with Crippen LogP contribution < -0.4 is 5.32 Å². The molecule has 0 saturated heterocycles. The van der Waals surface area contributed by atoms with Crippen LogP contribution in [0.5, 0.6) is 0 Å². The van der Waals surface area contributed by atoms with E-state index in [4.69, 9.17) is 11.6 Å². The molecular formula is C14H16ClN3O2S. The molecule has 1 aliphatic rings. The summed E-state index contributed by atoms with van der Waals surface area (Å²) in [5.74, 6) is 0. The summed E-state index contributed by atoms with van der Waals surface area (Å²) in [4.78, 5) is 4.42. The van der Waals surface area contributed by atoms with Crippen molar-refractivity contribution in [3.8, 4) is 0 Å². The van der Waals surface area contributed by atoms with Crippen molar-refractivity contribution in [2.45, 2.75) is 30.3 Å². The van der Waals surface area contributed by atoms with Crippen molar-refractivity contribution in [3.63, 3.8) is 0 Å². The SMILES string of the molecule is CS(=O)(=O)c1ccc(Cl)c(NCc2cncn2C2CC2)c1. The first-order valence-electron chi connectivity index (χ1n) is 6.69. The molecule has 112 valence electrons. The highest BCUT2D eigenvalue weighted by Crippen LogP contribution is 2.36. The molecule has 21 heavy (non-hydrogen) atoms. The second-order valence-corrected chi connectivity index (χ2v) is 7.71. The Morgan fingerprint density at radius 2 is 2.19 bits per heavy atom. The van der Waals surface area contributed by atoms with E-state index in [-0.39, 0.29) is 4.90 Å². The molecule has 2 aromatic rings. The van der Waals surface area contributed by atoms with Crippen LogP contribution in [-0.4, -0.2) is 24.2 Å². The van der Waals surface area contributed by atoms with Gasteiger partial charge in [0.25, 0.3) is 0 Å². The van der Waals surface area contributed by atoms with Crippen molar-refractivity contribution in [1.82, 2.24) is 9.55 Å². The topological polar surface area (TPSA) is 64.0 Å². The first-order valence-corrected chi connectivity index (χ1v) is 8.96. The number of hydrogen-bond acceptors (Lipinski definition) is 4. The van der Waals surface area contributed by atoms with Crippen molar-refractivity contribution in [1.29, 1.82) is 0 Å². The van der Waals surface area contributed by atoms with Gasteiger partial charge in [0.1, 0.15) is 0 Å². The molecule has 1 saturated carbocycles. The number of sulfone groups is 1. The van der Waals surface area contributed by atoms with Crippen LogP contribution >= 0.6 is 11.6 Å². The fourth-order valence-electron chi connectivity index (χ4n) is 2.21. The Kier molecular flexibility index (Phi) is 3.67. The average Bonchev–Trinajstić information content (AvgIpc) is 3.16. The van der Waals surface area contributed by atoms with Crippen molar-refractivity contribution >= 4 is 27.1 Å². The van der Waals surface area contributed by atoms with Crippen LogP contribution in [0.3, 0.4) is 0 Å². The number of benzene rings is 1. The summed E-state index contributed by atoms with van der Waals surface area (Å²) in [6.45, 7) is 0.559. The molecule has 1 aliphatic carbocycles. The maximum atomic E-state index is 11.6. The molecule has 1 aromatic carbocycles. The van der Waals surface area contributed by atoms with Crippen molar-refractivity contribution in [2.75, 3.05) is 11.6 Å². The summed E-state index contributed by atoms with van der Waals surface area (Å²) in [6, 6.07) is 5.23. The Morgan fingerprint density at radius 3 is 2.86 bits per heavy atom. The normalized spacial score (nSPS) is 15.1. The Morgan fingerprint density at radius 1 is 1.43 bits per heavy atom. The lowest BCUT2D eigenvalue weighted by molar-refractivity contribution is 0.602. The van der Waals surface area contributed by atoms with Crippen molar-refractivity contribution in [2.24, 2.45) is 0 Å². The van der Waals surface area contributed by atoms with Gasteiger partial charge in [-0.3, -0.25) is 0 Å². The minimum Gasteiger partial charge on any atom is -0.378 e. The number of aromatic nitrogens is 2. The van der Waals surface area contributed by atoms with Gasteiger partial charge >= 0.3 is 0 Å². The van der Waals surface area contributed by atoms with Crippen LogP contribution in [-0.2, 0) is 16.4 Å². The smallest absolute Gasteiger partial charge is 0.175 e. The van der Waals surface area contributed by atoms with Gasteiger partial charge in [-0.15, -0.1) is 0 Å². The zero-order chi connectivity index (χ0) is 15.0. The van der Waals surface area contributed by atoms with E-state index in [1.54, 1.807) is 12.1 Å². The van der Waals surface area contributed by atoms with Gasteiger partial charge in [-0.2, -0.15) is 0 Å². The molecular weight excluding hydrogens is 310 g/mol. The predicted octanol–water partition coefficient (Wildman–Crippen LogP) is 2.89. The second kappa shape index (κ2) is 5.35. The first-order chi connectivity index (χ1) is 9.95. The summed E-state index contributed by atoms with van der Waals surface area (Å²) < 4.78 is 25.3. The molecule has 5 nitrogen and oxygen atoms in total. The number of halogens is 1. The third-order valence-corrected chi connectivity index (χ3v) is 4.95. The lowest BCUT2D eigenvalue weighted by Gasteiger charge is -2.11.